The number of thiazole rings is 1. The van der Waals surface area contributed by atoms with Gasteiger partial charge in [0.2, 0.25) is 11.1 Å². The summed E-state index contributed by atoms with van der Waals surface area (Å²) >= 11 is 2.74. The van der Waals surface area contributed by atoms with Gasteiger partial charge in [-0.1, -0.05) is 65.1 Å². The third kappa shape index (κ3) is 3.77. The number of nitrogens with one attached hydrogen (secondary N) is 1. The van der Waals surface area contributed by atoms with Crippen LogP contribution in [0.2, 0.25) is 0 Å². The van der Waals surface area contributed by atoms with Gasteiger partial charge in [-0.2, -0.15) is 9.61 Å². The number of amides is 1. The molecule has 5 rings (SSSR count). The summed E-state index contributed by atoms with van der Waals surface area (Å²) in [5, 5.41) is 17.0. The number of hydrogen-bond acceptors (Lipinski definition) is 7. The van der Waals surface area contributed by atoms with E-state index in [1.54, 1.807) is 4.52 Å². The van der Waals surface area contributed by atoms with Crippen LogP contribution in [0.3, 0.4) is 0 Å². The van der Waals surface area contributed by atoms with Crippen LogP contribution in [0.4, 0.5) is 5.13 Å². The average molecular weight is 433 g/mol. The normalized spacial score (nSPS) is 11.2. The first-order chi connectivity index (χ1) is 14.7. The molecule has 0 aliphatic rings. The Balaban J connectivity index is 1.31. The Hall–Kier alpha value is -3.30. The number of hydrogen-bond donors (Lipinski definition) is 1. The van der Waals surface area contributed by atoms with Crippen molar-refractivity contribution >= 4 is 50.0 Å². The van der Waals surface area contributed by atoms with Gasteiger partial charge in [-0.05, 0) is 31.2 Å². The summed E-state index contributed by atoms with van der Waals surface area (Å²) in [6, 6.07) is 19.8. The molecule has 0 bridgehead atoms. The number of aryl methyl sites for hydroxylation is 1. The number of benzene rings is 2. The molecule has 148 valence electrons. The number of rotatable bonds is 5. The van der Waals surface area contributed by atoms with Gasteiger partial charge in [0.1, 0.15) is 0 Å². The van der Waals surface area contributed by atoms with E-state index in [0.29, 0.717) is 15.9 Å². The highest BCUT2D eigenvalue weighted by Crippen LogP contribution is 2.26. The molecule has 0 atom stereocenters. The van der Waals surface area contributed by atoms with Gasteiger partial charge in [-0.3, -0.25) is 4.79 Å². The van der Waals surface area contributed by atoms with Gasteiger partial charge in [-0.15, -0.1) is 10.2 Å². The monoisotopic (exact) mass is 432 g/mol. The standard InChI is InChI=1S/C21H16N6OS2/c1-13-6-8-14(9-7-13)15-10-11-18-24-25-21(27(18)26-15)29-12-19(28)23-20-22-16-4-2-3-5-17(16)30-20/h2-11H,12H2,1H3,(H,22,23,28). The smallest absolute Gasteiger partial charge is 0.236 e. The fraction of sp³-hybridized carbons (Fsp3) is 0.0952. The molecule has 1 N–H and O–H groups in total. The number of nitrogens with zero attached hydrogens (tertiary/aromatic N) is 5. The second-order valence-electron chi connectivity index (χ2n) is 6.66. The zero-order valence-corrected chi connectivity index (χ0v) is 17.6. The van der Waals surface area contributed by atoms with Crippen molar-refractivity contribution in [3.8, 4) is 11.3 Å². The zero-order valence-electron chi connectivity index (χ0n) is 15.9. The molecule has 0 aliphatic carbocycles. The van der Waals surface area contributed by atoms with Gasteiger partial charge in [0.25, 0.3) is 0 Å². The second kappa shape index (κ2) is 7.85. The predicted molar refractivity (Wildman–Crippen MR) is 120 cm³/mol. The third-order valence-corrected chi connectivity index (χ3v) is 6.33. The molecular formula is C21H16N6OS2. The molecule has 0 aliphatic heterocycles. The number of carbonyl (C=O) groups is 1. The van der Waals surface area contributed by atoms with Crippen molar-refractivity contribution in [3.63, 3.8) is 0 Å². The molecule has 3 aromatic heterocycles. The summed E-state index contributed by atoms with van der Waals surface area (Å²) in [4.78, 5) is 16.8. The van der Waals surface area contributed by atoms with Gasteiger partial charge >= 0.3 is 0 Å². The fourth-order valence-electron chi connectivity index (χ4n) is 2.95. The third-order valence-electron chi connectivity index (χ3n) is 4.45. The molecule has 0 saturated heterocycles. The Morgan fingerprint density at radius 3 is 2.73 bits per heavy atom. The van der Waals surface area contributed by atoms with Crippen LogP contribution in [0.25, 0.3) is 27.1 Å². The number of thioether (sulfide) groups is 1. The summed E-state index contributed by atoms with van der Waals surface area (Å²) in [6.07, 6.45) is 0. The Labute approximate surface area is 180 Å². The van der Waals surface area contributed by atoms with Crippen molar-refractivity contribution in [1.82, 2.24) is 24.8 Å². The van der Waals surface area contributed by atoms with Crippen molar-refractivity contribution in [3.05, 3.63) is 66.2 Å². The number of carbonyl (C=O) groups excluding carboxylic acids is 1. The lowest BCUT2D eigenvalue weighted by Gasteiger charge is -2.04. The number of anilines is 1. The van der Waals surface area contributed by atoms with Crippen molar-refractivity contribution < 1.29 is 4.79 Å². The largest absolute Gasteiger partial charge is 0.301 e. The van der Waals surface area contributed by atoms with E-state index in [1.165, 1.54) is 28.7 Å². The van der Waals surface area contributed by atoms with Crippen LogP contribution in [-0.2, 0) is 4.79 Å². The predicted octanol–water partition coefficient (Wildman–Crippen LogP) is 4.44. The van der Waals surface area contributed by atoms with E-state index in [0.717, 1.165) is 21.5 Å². The molecule has 7 nitrogen and oxygen atoms in total. The summed E-state index contributed by atoms with van der Waals surface area (Å²) in [5.74, 6) is 0.0400. The van der Waals surface area contributed by atoms with Crippen LogP contribution in [0.15, 0.2) is 65.8 Å². The molecule has 2 aromatic carbocycles. The molecular weight excluding hydrogens is 416 g/mol. The van der Waals surface area contributed by atoms with E-state index in [9.17, 15) is 4.79 Å². The van der Waals surface area contributed by atoms with Crippen LogP contribution in [0.1, 0.15) is 5.56 Å². The SMILES string of the molecule is Cc1ccc(-c2ccc3nnc(SCC(=O)Nc4nc5ccccc5s4)n3n2)cc1. The maximum absolute atomic E-state index is 12.4. The first-order valence-electron chi connectivity index (χ1n) is 9.23. The van der Waals surface area contributed by atoms with E-state index >= 15 is 0 Å². The summed E-state index contributed by atoms with van der Waals surface area (Å²) in [5.41, 5.74) is 4.55. The molecule has 9 heteroatoms. The van der Waals surface area contributed by atoms with Gasteiger partial charge in [0.15, 0.2) is 10.8 Å². The number of aromatic nitrogens is 5. The van der Waals surface area contributed by atoms with Crippen LogP contribution in [0.5, 0.6) is 0 Å². The highest BCUT2D eigenvalue weighted by Gasteiger charge is 2.13. The first-order valence-corrected chi connectivity index (χ1v) is 11.0. The number of fused-ring (bicyclic) bond motifs is 2. The van der Waals surface area contributed by atoms with Gasteiger partial charge in [0, 0.05) is 5.56 Å². The van der Waals surface area contributed by atoms with Crippen LogP contribution < -0.4 is 5.32 Å². The molecule has 0 spiro atoms. The maximum Gasteiger partial charge on any atom is 0.236 e. The fourth-order valence-corrected chi connectivity index (χ4v) is 4.52. The van der Waals surface area contributed by atoms with Crippen LogP contribution in [-0.4, -0.2) is 36.5 Å². The Kier molecular flexibility index (Phi) is 4.89. The van der Waals surface area contributed by atoms with Crippen molar-refractivity contribution in [2.75, 3.05) is 11.1 Å². The second-order valence-corrected chi connectivity index (χ2v) is 8.63. The van der Waals surface area contributed by atoms with Crippen molar-refractivity contribution in [2.45, 2.75) is 12.1 Å². The van der Waals surface area contributed by atoms with Crippen molar-refractivity contribution in [1.29, 1.82) is 0 Å². The number of para-hydroxylation sites is 1. The lowest BCUT2D eigenvalue weighted by Crippen LogP contribution is -2.14. The Morgan fingerprint density at radius 1 is 1.07 bits per heavy atom. The summed E-state index contributed by atoms with van der Waals surface area (Å²) in [6.45, 7) is 2.05. The molecule has 30 heavy (non-hydrogen) atoms. The highest BCUT2D eigenvalue weighted by atomic mass is 32.2. The van der Waals surface area contributed by atoms with Gasteiger partial charge in [-0.25, -0.2) is 4.98 Å². The van der Waals surface area contributed by atoms with Gasteiger partial charge in [0.05, 0.1) is 21.7 Å². The van der Waals surface area contributed by atoms with E-state index < -0.39 is 0 Å². The molecule has 3 heterocycles. The topological polar surface area (TPSA) is 85.1 Å². The lowest BCUT2D eigenvalue weighted by molar-refractivity contribution is -0.113. The minimum atomic E-state index is -0.148. The Bertz CT molecular complexity index is 1330. The summed E-state index contributed by atoms with van der Waals surface area (Å²) < 4.78 is 2.71. The van der Waals surface area contributed by atoms with Crippen LogP contribution in [0, 0.1) is 6.92 Å². The first kappa shape index (κ1) is 18.7. The molecule has 0 saturated carbocycles. The molecule has 1 amide bonds. The molecule has 0 radical (unpaired) electrons. The zero-order chi connectivity index (χ0) is 20.5. The summed E-state index contributed by atoms with van der Waals surface area (Å²) in [7, 11) is 0. The molecule has 5 aromatic rings. The van der Waals surface area contributed by atoms with E-state index in [1.807, 2.05) is 55.5 Å². The van der Waals surface area contributed by atoms with E-state index in [-0.39, 0.29) is 11.7 Å². The van der Waals surface area contributed by atoms with E-state index in [4.69, 9.17) is 0 Å². The maximum atomic E-state index is 12.4. The minimum Gasteiger partial charge on any atom is -0.301 e. The molecule has 0 fully saturated rings. The van der Waals surface area contributed by atoms with Crippen molar-refractivity contribution in [2.24, 2.45) is 0 Å². The lowest BCUT2D eigenvalue weighted by atomic mass is 10.1. The average Bonchev–Trinajstić information content (AvgIpc) is 3.35. The highest BCUT2D eigenvalue weighted by molar-refractivity contribution is 7.99. The quantitative estimate of drug-likeness (QED) is 0.413. The van der Waals surface area contributed by atoms with Crippen LogP contribution >= 0.6 is 23.1 Å². The van der Waals surface area contributed by atoms with Gasteiger partial charge < -0.3 is 5.32 Å². The van der Waals surface area contributed by atoms with E-state index in [2.05, 4.69) is 37.7 Å². The Morgan fingerprint density at radius 2 is 1.90 bits per heavy atom. The minimum absolute atomic E-state index is 0.148. The molecule has 0 unspecified atom stereocenters.